The summed E-state index contributed by atoms with van der Waals surface area (Å²) in [6.45, 7) is 5.45. The lowest BCUT2D eigenvalue weighted by Gasteiger charge is -2.30. The largest absolute Gasteiger partial charge is 0.462 e. The number of aliphatic hydroxyl groups is 1. The number of rotatable bonds is 11. The highest BCUT2D eigenvalue weighted by atomic mass is 31.2. The number of anilines is 1. The number of esters is 1. The molecule has 0 spiro atoms. The van der Waals surface area contributed by atoms with E-state index in [4.69, 9.17) is 18.5 Å². The number of alkyl halides is 1. The molecule has 1 aliphatic heterocycles. The zero-order valence-corrected chi connectivity index (χ0v) is 23.3. The fourth-order valence-electron chi connectivity index (χ4n) is 4.03. The van der Waals surface area contributed by atoms with E-state index in [9.17, 15) is 18.9 Å². The maximum atomic E-state index is 15.4. The summed E-state index contributed by atoms with van der Waals surface area (Å²) in [7, 11) is -2.82. The van der Waals surface area contributed by atoms with Crippen LogP contribution >= 0.6 is 7.75 Å². The second kappa shape index (κ2) is 11.7. The lowest BCUT2D eigenvalue weighted by molar-refractivity contribution is -0.149. The molecule has 1 aliphatic rings. The lowest BCUT2D eigenvalue weighted by atomic mass is 9.99. The number of benzene rings is 1. The first-order valence-corrected chi connectivity index (χ1v) is 14.0. The zero-order valence-electron chi connectivity index (χ0n) is 22.4. The van der Waals surface area contributed by atoms with E-state index in [1.807, 2.05) is 0 Å². The van der Waals surface area contributed by atoms with Gasteiger partial charge in [0.15, 0.2) is 29.4 Å². The van der Waals surface area contributed by atoms with Gasteiger partial charge in [0.25, 0.3) is 0 Å². The second-order valence-electron chi connectivity index (χ2n) is 9.64. The van der Waals surface area contributed by atoms with Gasteiger partial charge in [-0.15, -0.1) is 0 Å². The van der Waals surface area contributed by atoms with Gasteiger partial charge in [-0.2, -0.15) is 19.4 Å². The molecule has 3 N–H and O–H groups in total. The molecule has 0 unspecified atom stereocenters. The van der Waals surface area contributed by atoms with E-state index in [0.717, 1.165) is 4.57 Å². The number of hydrogen-bond donors (Lipinski definition) is 3. The van der Waals surface area contributed by atoms with Crippen molar-refractivity contribution in [2.24, 2.45) is 0 Å². The number of imidazole rings is 1. The molecule has 1 fully saturated rings. The first-order valence-electron chi connectivity index (χ1n) is 12.4. The minimum atomic E-state index is -4.33. The summed E-state index contributed by atoms with van der Waals surface area (Å²) in [5.41, 5.74) is -1.68. The summed E-state index contributed by atoms with van der Waals surface area (Å²) in [4.78, 5) is 23.8. The Balaban J connectivity index is 1.57. The van der Waals surface area contributed by atoms with Crippen molar-refractivity contribution in [2.75, 3.05) is 19.0 Å². The minimum absolute atomic E-state index is 0.0703. The number of fused-ring (bicyclic) bond motifs is 1. The Hall–Kier alpha value is -3.23. The van der Waals surface area contributed by atoms with E-state index in [1.54, 1.807) is 32.0 Å². The Morgan fingerprint density at radius 1 is 1.27 bits per heavy atom. The van der Waals surface area contributed by atoms with Crippen molar-refractivity contribution < 1.29 is 41.8 Å². The normalized spacial score (nSPS) is 25.1. The number of nitrogens with one attached hydrogen (secondary N) is 2. The van der Waals surface area contributed by atoms with Crippen LogP contribution in [0.3, 0.4) is 0 Å². The Bertz CT molecular complexity index is 1400. The smallest absolute Gasteiger partial charge is 0.459 e. The summed E-state index contributed by atoms with van der Waals surface area (Å²) in [5, 5.41) is 16.0. The molecule has 40 heavy (non-hydrogen) atoms. The van der Waals surface area contributed by atoms with Crippen molar-refractivity contribution in [3.63, 3.8) is 0 Å². The number of aliphatic hydroxyl groups excluding tert-OH is 1. The number of hydrogen-bond acceptors (Lipinski definition) is 11. The van der Waals surface area contributed by atoms with Crippen molar-refractivity contribution in [3.8, 4) is 5.75 Å². The van der Waals surface area contributed by atoms with Crippen LogP contribution in [0.1, 0.15) is 33.9 Å². The van der Waals surface area contributed by atoms with Crippen LogP contribution < -0.4 is 14.9 Å². The van der Waals surface area contributed by atoms with Crippen molar-refractivity contribution in [3.05, 3.63) is 42.7 Å². The highest BCUT2D eigenvalue weighted by Crippen LogP contribution is 2.48. The highest BCUT2D eigenvalue weighted by Gasteiger charge is 2.55. The van der Waals surface area contributed by atoms with Gasteiger partial charge < -0.3 is 24.4 Å². The summed E-state index contributed by atoms with van der Waals surface area (Å²) >= 11 is 0. The van der Waals surface area contributed by atoms with Gasteiger partial charge in [0.1, 0.15) is 23.5 Å². The number of aromatic nitrogens is 4. The first kappa shape index (κ1) is 29.7. The SMILES string of the molecule is CNc1nc(F)nc2c1ncn2[C@@H]1O[C@](C)(CO[P@@](=O)(N[C@@H](C)C(=O)OC(C)C)Oc2ccccc2)[C@@H](O)[C@H]1F. The average molecular weight is 585 g/mol. The summed E-state index contributed by atoms with van der Waals surface area (Å²) in [6, 6.07) is 6.93. The van der Waals surface area contributed by atoms with E-state index in [2.05, 4.69) is 25.4 Å². The molecule has 6 atom stereocenters. The molecular weight excluding hydrogens is 553 g/mol. The van der Waals surface area contributed by atoms with Gasteiger partial charge in [0.2, 0.25) is 0 Å². The zero-order chi connectivity index (χ0) is 29.2. The molecule has 0 amide bonds. The summed E-state index contributed by atoms with van der Waals surface area (Å²) in [6.07, 6.45) is -5.62. The third-order valence-corrected chi connectivity index (χ3v) is 7.67. The van der Waals surface area contributed by atoms with Crippen LogP contribution in [0.4, 0.5) is 14.6 Å². The molecule has 1 aromatic carbocycles. The molecule has 0 aliphatic carbocycles. The molecule has 218 valence electrons. The van der Waals surface area contributed by atoms with Gasteiger partial charge in [-0.3, -0.25) is 13.9 Å². The maximum absolute atomic E-state index is 15.4. The van der Waals surface area contributed by atoms with Crippen molar-refractivity contribution in [1.82, 2.24) is 24.6 Å². The van der Waals surface area contributed by atoms with Crippen LogP contribution in [-0.4, -0.2) is 74.3 Å². The van der Waals surface area contributed by atoms with E-state index < -0.39 is 62.7 Å². The molecule has 3 heterocycles. The van der Waals surface area contributed by atoms with E-state index in [0.29, 0.717) is 0 Å². The van der Waals surface area contributed by atoms with Crippen molar-refractivity contribution in [2.45, 2.75) is 63.9 Å². The molecular formula is C24H31F2N6O7P. The summed E-state index contributed by atoms with van der Waals surface area (Å²) in [5.74, 6) is -0.463. The molecule has 2 aromatic heterocycles. The first-order chi connectivity index (χ1) is 18.9. The van der Waals surface area contributed by atoms with Crippen LogP contribution in [-0.2, 0) is 23.4 Å². The molecule has 0 saturated carbocycles. The van der Waals surface area contributed by atoms with E-state index in [1.165, 1.54) is 39.4 Å². The number of halogens is 2. The fraction of sp³-hybridized carbons (Fsp3) is 0.500. The van der Waals surface area contributed by atoms with Crippen LogP contribution in [0.15, 0.2) is 36.7 Å². The molecule has 0 bridgehead atoms. The Morgan fingerprint density at radius 3 is 2.62 bits per heavy atom. The third-order valence-electron chi connectivity index (χ3n) is 6.04. The predicted octanol–water partition coefficient (Wildman–Crippen LogP) is 3.13. The van der Waals surface area contributed by atoms with Gasteiger partial charge in [0, 0.05) is 7.05 Å². The quantitative estimate of drug-likeness (QED) is 0.172. The van der Waals surface area contributed by atoms with Crippen molar-refractivity contribution in [1.29, 1.82) is 0 Å². The number of ether oxygens (including phenoxy) is 2. The minimum Gasteiger partial charge on any atom is -0.462 e. The van der Waals surface area contributed by atoms with E-state index >= 15 is 4.39 Å². The number of para-hydroxylation sites is 1. The van der Waals surface area contributed by atoms with Crippen LogP contribution in [0.2, 0.25) is 0 Å². The van der Waals surface area contributed by atoms with Crippen LogP contribution in [0.5, 0.6) is 5.75 Å². The van der Waals surface area contributed by atoms with Gasteiger partial charge in [-0.25, -0.2) is 13.9 Å². The molecule has 4 rings (SSSR count). The van der Waals surface area contributed by atoms with Crippen LogP contribution in [0.25, 0.3) is 11.2 Å². The molecule has 0 radical (unpaired) electrons. The standard InChI is InChI=1S/C24H31F2N6O7P/c1-13(2)37-22(34)14(3)31-40(35,39-15-9-7-6-8-10-15)36-11-24(4)18(33)16(25)21(38-24)32-12-28-17-19(27-5)29-23(26)30-20(17)32/h6-10,12-14,16,18,21,33H,11H2,1-5H3,(H,31,35)(H,27,29,30)/t14-,16+,18-,21+,24+,40-/m0/s1. The topological polar surface area (TPSA) is 159 Å². The molecule has 3 aromatic rings. The highest BCUT2D eigenvalue weighted by molar-refractivity contribution is 7.52. The van der Waals surface area contributed by atoms with Gasteiger partial charge >= 0.3 is 19.8 Å². The number of nitrogens with zero attached hydrogens (tertiary/aromatic N) is 4. The Morgan fingerprint density at radius 2 is 1.98 bits per heavy atom. The van der Waals surface area contributed by atoms with Crippen molar-refractivity contribution >= 4 is 30.7 Å². The van der Waals surface area contributed by atoms with Crippen LogP contribution in [0, 0.1) is 6.08 Å². The Labute approximate surface area is 228 Å². The van der Waals surface area contributed by atoms with Gasteiger partial charge in [-0.1, -0.05) is 18.2 Å². The van der Waals surface area contributed by atoms with Gasteiger partial charge in [-0.05, 0) is 39.8 Å². The third kappa shape index (κ3) is 6.23. The number of carbonyl (C=O) groups is 1. The maximum Gasteiger partial charge on any atom is 0.459 e. The fourth-order valence-corrected chi connectivity index (χ4v) is 5.62. The van der Waals surface area contributed by atoms with Gasteiger partial charge in [0.05, 0.1) is 19.0 Å². The summed E-state index contributed by atoms with van der Waals surface area (Å²) < 4.78 is 66.6. The molecule has 13 nitrogen and oxygen atoms in total. The predicted molar refractivity (Wildman–Crippen MR) is 139 cm³/mol. The average Bonchev–Trinajstić information content (AvgIpc) is 3.41. The number of carbonyl (C=O) groups excluding carboxylic acids is 1. The lowest BCUT2D eigenvalue weighted by Crippen LogP contribution is -2.44. The monoisotopic (exact) mass is 584 g/mol. The molecule has 16 heteroatoms. The Kier molecular flexibility index (Phi) is 8.71. The second-order valence-corrected chi connectivity index (χ2v) is 11.3. The van der Waals surface area contributed by atoms with E-state index in [-0.39, 0.29) is 22.7 Å². The molecule has 1 saturated heterocycles.